The number of benzene rings is 1. The molecular formula is C14H8F3N5O2S. The maximum Gasteiger partial charge on any atom is 0.453 e. The molecule has 7 nitrogen and oxygen atoms in total. The standard InChI is InChI=1S/C14H8F3N5O2S/c15-14(16,17)12-18-19-13-22(12)20-9(25-13)5-6-21-10(23)7-3-1-2-4-8(7)11(21)24/h1-4H,5-6H2. The fourth-order valence-electron chi connectivity index (χ4n) is 2.58. The van der Waals surface area contributed by atoms with Crippen LogP contribution in [0.4, 0.5) is 13.2 Å². The van der Waals surface area contributed by atoms with Crippen molar-refractivity contribution in [2.75, 3.05) is 6.54 Å². The summed E-state index contributed by atoms with van der Waals surface area (Å²) < 4.78 is 39.0. The zero-order chi connectivity index (χ0) is 17.8. The highest BCUT2D eigenvalue weighted by atomic mass is 32.1. The Balaban J connectivity index is 1.55. The highest BCUT2D eigenvalue weighted by molar-refractivity contribution is 7.16. The molecular weight excluding hydrogens is 359 g/mol. The van der Waals surface area contributed by atoms with Gasteiger partial charge in [0.05, 0.1) is 11.1 Å². The average Bonchev–Trinajstić information content (AvgIpc) is 3.19. The third-order valence-corrected chi connectivity index (χ3v) is 4.67. The Morgan fingerprint density at radius 2 is 1.68 bits per heavy atom. The van der Waals surface area contributed by atoms with Crippen molar-refractivity contribution < 1.29 is 22.8 Å². The van der Waals surface area contributed by atoms with Crippen LogP contribution in [-0.2, 0) is 12.6 Å². The molecule has 3 heterocycles. The predicted octanol–water partition coefficient (Wildman–Crippen LogP) is 2.04. The Kier molecular flexibility index (Phi) is 3.35. The molecule has 0 saturated carbocycles. The molecule has 0 fully saturated rings. The fourth-order valence-corrected chi connectivity index (χ4v) is 3.41. The summed E-state index contributed by atoms with van der Waals surface area (Å²) >= 11 is 0.933. The minimum absolute atomic E-state index is 0.00434. The topological polar surface area (TPSA) is 80.5 Å². The second-order valence-electron chi connectivity index (χ2n) is 5.27. The highest BCUT2D eigenvalue weighted by Crippen LogP contribution is 2.29. The number of halogens is 3. The second-order valence-corrected chi connectivity index (χ2v) is 6.31. The zero-order valence-electron chi connectivity index (χ0n) is 12.3. The first-order chi connectivity index (χ1) is 11.9. The lowest BCUT2D eigenvalue weighted by atomic mass is 10.1. The monoisotopic (exact) mass is 367 g/mol. The molecule has 11 heteroatoms. The van der Waals surface area contributed by atoms with Crippen molar-refractivity contribution in [3.05, 3.63) is 46.2 Å². The molecule has 0 bridgehead atoms. The highest BCUT2D eigenvalue weighted by Gasteiger charge is 2.38. The van der Waals surface area contributed by atoms with Crippen LogP contribution in [0.25, 0.3) is 4.96 Å². The Morgan fingerprint density at radius 3 is 2.28 bits per heavy atom. The summed E-state index contributed by atoms with van der Waals surface area (Å²) in [4.78, 5) is 25.6. The molecule has 1 aliphatic heterocycles. The van der Waals surface area contributed by atoms with Crippen molar-refractivity contribution >= 4 is 28.1 Å². The minimum atomic E-state index is -4.66. The van der Waals surface area contributed by atoms with Gasteiger partial charge in [0, 0.05) is 13.0 Å². The van der Waals surface area contributed by atoms with Crippen LogP contribution in [0.3, 0.4) is 0 Å². The lowest BCUT2D eigenvalue weighted by molar-refractivity contribution is -0.146. The van der Waals surface area contributed by atoms with Gasteiger partial charge in [0.1, 0.15) is 5.01 Å². The van der Waals surface area contributed by atoms with Gasteiger partial charge in [-0.05, 0) is 12.1 Å². The summed E-state index contributed by atoms with van der Waals surface area (Å²) in [6.07, 6.45) is -4.52. The van der Waals surface area contributed by atoms with E-state index < -0.39 is 23.8 Å². The number of amides is 2. The van der Waals surface area contributed by atoms with Crippen LogP contribution >= 0.6 is 11.3 Å². The van der Waals surface area contributed by atoms with Crippen molar-refractivity contribution in [3.63, 3.8) is 0 Å². The number of carbonyl (C=O) groups is 2. The van der Waals surface area contributed by atoms with Gasteiger partial charge in [0.2, 0.25) is 4.96 Å². The van der Waals surface area contributed by atoms with E-state index in [0.29, 0.717) is 20.6 Å². The van der Waals surface area contributed by atoms with Gasteiger partial charge in [0.25, 0.3) is 17.6 Å². The van der Waals surface area contributed by atoms with Gasteiger partial charge in [-0.15, -0.1) is 10.2 Å². The molecule has 4 rings (SSSR count). The number of aromatic nitrogens is 4. The van der Waals surface area contributed by atoms with Crippen LogP contribution in [0.1, 0.15) is 31.5 Å². The Morgan fingerprint density at radius 1 is 1.04 bits per heavy atom. The first kappa shape index (κ1) is 15.7. The van der Waals surface area contributed by atoms with Crippen molar-refractivity contribution in [1.29, 1.82) is 0 Å². The van der Waals surface area contributed by atoms with Crippen LogP contribution in [0, 0.1) is 0 Å². The van der Waals surface area contributed by atoms with Crippen molar-refractivity contribution in [2.24, 2.45) is 0 Å². The normalized spacial score (nSPS) is 14.6. The fraction of sp³-hybridized carbons (Fsp3) is 0.214. The van der Waals surface area contributed by atoms with Crippen LogP contribution in [0.15, 0.2) is 24.3 Å². The number of imide groups is 1. The van der Waals surface area contributed by atoms with Gasteiger partial charge in [0.15, 0.2) is 0 Å². The number of hydrogen-bond donors (Lipinski definition) is 0. The van der Waals surface area contributed by atoms with Crippen LogP contribution in [-0.4, -0.2) is 43.1 Å². The smallest absolute Gasteiger partial charge is 0.274 e. The molecule has 25 heavy (non-hydrogen) atoms. The van der Waals surface area contributed by atoms with E-state index in [0.717, 1.165) is 16.2 Å². The van der Waals surface area contributed by atoms with E-state index in [4.69, 9.17) is 0 Å². The summed E-state index contributed by atoms with van der Waals surface area (Å²) in [5.41, 5.74) is 0.648. The maximum atomic E-state index is 12.8. The molecule has 0 unspecified atom stereocenters. The molecule has 0 atom stereocenters. The summed E-state index contributed by atoms with van der Waals surface area (Å²) in [6, 6.07) is 6.45. The zero-order valence-corrected chi connectivity index (χ0v) is 13.1. The molecule has 0 spiro atoms. The van der Waals surface area contributed by atoms with Crippen molar-refractivity contribution in [2.45, 2.75) is 12.6 Å². The number of fused-ring (bicyclic) bond motifs is 2. The van der Waals surface area contributed by atoms with Gasteiger partial charge in [-0.3, -0.25) is 14.5 Å². The lowest BCUT2D eigenvalue weighted by Crippen LogP contribution is -2.31. The van der Waals surface area contributed by atoms with Crippen LogP contribution in [0.2, 0.25) is 0 Å². The number of nitrogens with zero attached hydrogens (tertiary/aromatic N) is 5. The molecule has 3 aromatic rings. The number of carbonyl (C=O) groups excluding carboxylic acids is 2. The third kappa shape index (κ3) is 2.47. The number of hydrogen-bond acceptors (Lipinski definition) is 6. The van der Waals surface area contributed by atoms with E-state index in [1.165, 1.54) is 0 Å². The molecule has 0 aliphatic carbocycles. The number of rotatable bonds is 3. The summed E-state index contributed by atoms with van der Waals surface area (Å²) in [6.45, 7) is 0.0256. The lowest BCUT2D eigenvalue weighted by Gasteiger charge is -2.12. The van der Waals surface area contributed by atoms with Crippen LogP contribution < -0.4 is 0 Å². The minimum Gasteiger partial charge on any atom is -0.274 e. The van der Waals surface area contributed by atoms with Gasteiger partial charge in [-0.2, -0.15) is 22.8 Å². The van der Waals surface area contributed by atoms with Crippen LogP contribution in [0.5, 0.6) is 0 Å². The largest absolute Gasteiger partial charge is 0.453 e. The molecule has 1 aliphatic rings. The average molecular weight is 367 g/mol. The van der Waals surface area contributed by atoms with E-state index in [2.05, 4.69) is 15.3 Å². The van der Waals surface area contributed by atoms with Gasteiger partial charge in [-0.25, -0.2) is 0 Å². The molecule has 0 radical (unpaired) electrons. The first-order valence-electron chi connectivity index (χ1n) is 7.10. The summed E-state index contributed by atoms with van der Waals surface area (Å²) in [5, 5.41) is 10.7. The summed E-state index contributed by atoms with van der Waals surface area (Å²) in [5.74, 6) is -2.04. The third-order valence-electron chi connectivity index (χ3n) is 3.71. The van der Waals surface area contributed by atoms with Crippen molar-refractivity contribution in [3.8, 4) is 0 Å². The molecule has 1 aromatic carbocycles. The Labute approximate surface area is 141 Å². The Hall–Kier alpha value is -2.82. The molecule has 128 valence electrons. The second kappa shape index (κ2) is 5.34. The SMILES string of the molecule is O=C1c2ccccc2C(=O)N1CCc1nn2c(C(F)(F)F)nnc2s1. The van der Waals surface area contributed by atoms with Gasteiger partial charge in [-0.1, -0.05) is 23.5 Å². The summed E-state index contributed by atoms with van der Waals surface area (Å²) in [7, 11) is 0. The van der Waals surface area contributed by atoms with E-state index in [1.54, 1.807) is 24.3 Å². The molecule has 0 N–H and O–H groups in total. The van der Waals surface area contributed by atoms with E-state index in [1.807, 2.05) is 0 Å². The predicted molar refractivity (Wildman–Crippen MR) is 79.2 cm³/mol. The quantitative estimate of drug-likeness (QED) is 0.662. The van der Waals surface area contributed by atoms with Crippen molar-refractivity contribution in [1.82, 2.24) is 24.7 Å². The maximum absolute atomic E-state index is 12.8. The van der Waals surface area contributed by atoms with E-state index >= 15 is 0 Å². The Bertz CT molecular complexity index is 974. The van der Waals surface area contributed by atoms with Gasteiger partial charge >= 0.3 is 6.18 Å². The van der Waals surface area contributed by atoms with E-state index in [-0.39, 0.29) is 17.9 Å². The molecule has 2 aromatic heterocycles. The first-order valence-corrected chi connectivity index (χ1v) is 7.91. The molecule has 2 amide bonds. The molecule has 0 saturated heterocycles. The van der Waals surface area contributed by atoms with E-state index in [9.17, 15) is 22.8 Å². The van der Waals surface area contributed by atoms with Gasteiger partial charge < -0.3 is 0 Å². The number of alkyl halides is 3.